The molecule has 3 nitrogen and oxygen atoms in total. The van der Waals surface area contributed by atoms with Crippen molar-refractivity contribution in [3.05, 3.63) is 150 Å². The highest BCUT2D eigenvalue weighted by Crippen LogP contribution is 2.67. The zero-order valence-electron chi connectivity index (χ0n) is 30.7. The molecule has 2 aromatic carbocycles. The van der Waals surface area contributed by atoms with Gasteiger partial charge in [0.25, 0.3) is 5.54 Å². The first-order chi connectivity index (χ1) is 23.3. The third kappa shape index (κ3) is 5.62. The number of fused-ring (bicyclic) bond motifs is 10. The number of ether oxygens (including phenoxy) is 1. The zero-order valence-corrected chi connectivity index (χ0v) is 30.7. The third-order valence-electron chi connectivity index (χ3n) is 10.8. The summed E-state index contributed by atoms with van der Waals surface area (Å²) < 4.78 is 12.0. The molecule has 7 rings (SSSR count). The number of aryl methyl sites for hydroxylation is 2. The molecule has 0 saturated heterocycles. The van der Waals surface area contributed by atoms with E-state index in [0.717, 1.165) is 29.7 Å². The Morgan fingerprint density at radius 2 is 1.65 bits per heavy atom. The van der Waals surface area contributed by atoms with Crippen LogP contribution in [0, 0.1) is 25.2 Å². The SMILES string of the molecule is C=C(C)/C=C\CC(OC(=C)C1=CC2(C3c4ccccc4-c4cccc[n+]4C32)[n+]2cc(CC(C)(C)C)c(-c3c(C)cccc3C)cc21)C(C)C. The van der Waals surface area contributed by atoms with Crippen LogP contribution in [0.3, 0.4) is 0 Å². The van der Waals surface area contributed by atoms with Crippen molar-refractivity contribution >= 4 is 5.57 Å². The Bertz CT molecular complexity index is 1980. The highest BCUT2D eigenvalue weighted by molar-refractivity contribution is 5.82. The lowest BCUT2D eigenvalue weighted by molar-refractivity contribution is -0.778. The van der Waals surface area contributed by atoms with Crippen molar-refractivity contribution in [3.63, 3.8) is 0 Å². The quantitative estimate of drug-likeness (QED) is 0.100. The Hall–Kier alpha value is -4.50. The van der Waals surface area contributed by atoms with E-state index in [9.17, 15) is 0 Å². The number of pyridine rings is 2. The predicted molar refractivity (Wildman–Crippen MR) is 202 cm³/mol. The first-order valence-electron chi connectivity index (χ1n) is 18.0. The molecule has 3 heteroatoms. The largest absolute Gasteiger partial charge is 0.490 e. The van der Waals surface area contributed by atoms with Crippen LogP contribution in [0.15, 0.2) is 122 Å². The number of rotatable bonds is 9. The molecule has 1 aliphatic carbocycles. The summed E-state index contributed by atoms with van der Waals surface area (Å²) in [6, 6.07) is 25.0. The average Bonchev–Trinajstić information content (AvgIpc) is 3.61. The van der Waals surface area contributed by atoms with Crippen molar-refractivity contribution in [1.29, 1.82) is 0 Å². The zero-order chi connectivity index (χ0) is 34.8. The van der Waals surface area contributed by atoms with E-state index in [1.807, 2.05) is 6.92 Å². The van der Waals surface area contributed by atoms with Gasteiger partial charge < -0.3 is 4.74 Å². The van der Waals surface area contributed by atoms with Crippen LogP contribution in [0.4, 0.5) is 0 Å². The molecule has 49 heavy (non-hydrogen) atoms. The summed E-state index contributed by atoms with van der Waals surface area (Å²) in [5.41, 5.74) is 13.8. The third-order valence-corrected chi connectivity index (χ3v) is 10.8. The Morgan fingerprint density at radius 3 is 2.35 bits per heavy atom. The van der Waals surface area contributed by atoms with Crippen molar-refractivity contribution in [2.24, 2.45) is 11.3 Å². The molecule has 0 N–H and O–H groups in total. The smallest absolute Gasteiger partial charge is 0.263 e. The van der Waals surface area contributed by atoms with E-state index in [0.29, 0.717) is 11.8 Å². The molecule has 4 atom stereocenters. The second-order valence-electron chi connectivity index (χ2n) is 16.2. The molecular weight excluding hydrogens is 597 g/mol. The maximum Gasteiger partial charge on any atom is 0.263 e. The molecule has 0 bridgehead atoms. The number of aromatic nitrogens is 2. The molecule has 1 fully saturated rings. The standard InChI is InChI=1S/C46H52N2O/c1-29(2)17-15-23-41(30(3)4)49-33(7)38-27-46(43-36-21-12-11-20-35(36)39-22-13-14-24-47(39)44(43)46)48-28-34(26-45(8,9)10)37(25-40(38)48)42-31(5)18-16-19-32(42)6/h11-22,24-25,27-28,30,41,43-44H,1,7,23,26H2,2-6,8-10H3/q+2/b17-15-. The van der Waals surface area contributed by atoms with Crippen LogP contribution in [0.2, 0.25) is 0 Å². The van der Waals surface area contributed by atoms with Crippen molar-refractivity contribution in [1.82, 2.24) is 0 Å². The van der Waals surface area contributed by atoms with Crippen molar-refractivity contribution in [2.75, 3.05) is 0 Å². The molecule has 4 aromatic rings. The summed E-state index contributed by atoms with van der Waals surface area (Å²) >= 11 is 0. The minimum absolute atomic E-state index is 0.00422. The molecular formula is C46H52N2O+2. The fraction of sp³-hybridized carbons (Fsp3) is 0.348. The van der Waals surface area contributed by atoms with Gasteiger partial charge in [0.2, 0.25) is 17.4 Å². The fourth-order valence-electron chi connectivity index (χ4n) is 8.58. The minimum atomic E-state index is -0.274. The van der Waals surface area contributed by atoms with Gasteiger partial charge in [-0.05, 0) is 78.5 Å². The van der Waals surface area contributed by atoms with E-state index < -0.39 is 0 Å². The molecule has 4 heterocycles. The van der Waals surface area contributed by atoms with E-state index in [4.69, 9.17) is 4.74 Å². The highest BCUT2D eigenvalue weighted by Gasteiger charge is 2.83. The maximum absolute atomic E-state index is 6.89. The first kappa shape index (κ1) is 33.0. The molecule has 0 amide bonds. The van der Waals surface area contributed by atoms with Gasteiger partial charge in [-0.3, -0.25) is 0 Å². The molecule has 2 aromatic heterocycles. The second-order valence-corrected chi connectivity index (χ2v) is 16.2. The topological polar surface area (TPSA) is 17.0 Å². The van der Waals surface area contributed by atoms with E-state index in [1.165, 1.54) is 50.3 Å². The number of allylic oxidation sites excluding steroid dienone is 4. The summed E-state index contributed by atoms with van der Waals surface area (Å²) in [5, 5.41) is 0. The van der Waals surface area contributed by atoms with E-state index in [2.05, 4.69) is 168 Å². The molecule has 4 unspecified atom stereocenters. The van der Waals surface area contributed by atoms with Crippen LogP contribution in [-0.4, -0.2) is 6.10 Å². The van der Waals surface area contributed by atoms with Crippen LogP contribution in [0.25, 0.3) is 28.0 Å². The summed E-state index contributed by atoms with van der Waals surface area (Å²) in [7, 11) is 0. The summed E-state index contributed by atoms with van der Waals surface area (Å²) in [6.07, 6.45) is 13.3. The Labute approximate surface area is 294 Å². The number of hydrogen-bond donors (Lipinski definition) is 0. The van der Waals surface area contributed by atoms with Crippen molar-refractivity contribution < 1.29 is 13.9 Å². The van der Waals surface area contributed by atoms with Gasteiger partial charge in [-0.1, -0.05) is 102 Å². The van der Waals surface area contributed by atoms with Crippen LogP contribution < -0.4 is 9.13 Å². The molecule has 250 valence electrons. The van der Waals surface area contributed by atoms with Crippen molar-refractivity contribution in [2.45, 2.75) is 91.8 Å². The van der Waals surface area contributed by atoms with Crippen LogP contribution in [0.5, 0.6) is 0 Å². The lowest BCUT2D eigenvalue weighted by Crippen LogP contribution is -2.51. The minimum Gasteiger partial charge on any atom is -0.490 e. The number of hydrogen-bond acceptors (Lipinski definition) is 1. The highest BCUT2D eigenvalue weighted by atomic mass is 16.5. The number of benzene rings is 2. The Balaban J connectivity index is 1.45. The van der Waals surface area contributed by atoms with Gasteiger partial charge >= 0.3 is 0 Å². The van der Waals surface area contributed by atoms with Gasteiger partial charge in [0.15, 0.2) is 12.4 Å². The van der Waals surface area contributed by atoms with Gasteiger partial charge in [-0.2, -0.15) is 9.13 Å². The molecule has 0 radical (unpaired) electrons. The Morgan fingerprint density at radius 1 is 0.939 bits per heavy atom. The molecule has 1 spiro atoms. The summed E-state index contributed by atoms with van der Waals surface area (Å²) in [6.45, 7) is 26.8. The van der Waals surface area contributed by atoms with Gasteiger partial charge in [0, 0.05) is 36.3 Å². The number of nitrogens with zero attached hydrogens (tertiary/aromatic N) is 2. The average molecular weight is 649 g/mol. The molecule has 1 saturated carbocycles. The predicted octanol–water partition coefficient (Wildman–Crippen LogP) is 10.3. The fourth-order valence-corrected chi connectivity index (χ4v) is 8.58. The lowest BCUT2D eigenvalue weighted by Gasteiger charge is -2.23. The monoisotopic (exact) mass is 648 g/mol. The van der Waals surface area contributed by atoms with E-state index >= 15 is 0 Å². The Kier molecular flexibility index (Phi) is 8.17. The summed E-state index contributed by atoms with van der Waals surface area (Å²) in [5.74, 6) is 1.37. The van der Waals surface area contributed by atoms with Gasteiger partial charge in [0.1, 0.15) is 17.8 Å². The molecule has 3 aliphatic rings. The van der Waals surface area contributed by atoms with Crippen LogP contribution >= 0.6 is 0 Å². The normalized spacial score (nSPS) is 20.8. The van der Waals surface area contributed by atoms with E-state index in [1.54, 1.807) is 0 Å². The lowest BCUT2D eigenvalue weighted by atomic mass is 9.83. The summed E-state index contributed by atoms with van der Waals surface area (Å²) in [4.78, 5) is 0. The van der Waals surface area contributed by atoms with Crippen molar-refractivity contribution in [3.8, 4) is 22.4 Å². The van der Waals surface area contributed by atoms with Crippen LogP contribution in [-0.2, 0) is 16.7 Å². The van der Waals surface area contributed by atoms with Gasteiger partial charge in [-0.15, -0.1) is 0 Å². The van der Waals surface area contributed by atoms with Crippen LogP contribution in [0.1, 0.15) is 87.9 Å². The second kappa shape index (κ2) is 12.1. The maximum atomic E-state index is 6.89. The van der Waals surface area contributed by atoms with E-state index in [-0.39, 0.29) is 23.1 Å². The first-order valence-corrected chi connectivity index (χ1v) is 18.0. The van der Waals surface area contributed by atoms with Gasteiger partial charge in [0.05, 0.1) is 11.1 Å². The van der Waals surface area contributed by atoms with Gasteiger partial charge in [-0.25, -0.2) is 0 Å². The molecule has 2 aliphatic heterocycles.